The van der Waals surface area contributed by atoms with E-state index < -0.39 is 11.6 Å². The van der Waals surface area contributed by atoms with Crippen molar-refractivity contribution in [1.29, 1.82) is 0 Å². The van der Waals surface area contributed by atoms with Crippen LogP contribution in [0.2, 0.25) is 0 Å². The van der Waals surface area contributed by atoms with E-state index in [2.05, 4.69) is 42.0 Å². The van der Waals surface area contributed by atoms with Crippen molar-refractivity contribution in [3.63, 3.8) is 0 Å². The van der Waals surface area contributed by atoms with Gasteiger partial charge >= 0.3 is 0 Å². The highest BCUT2D eigenvalue weighted by Crippen LogP contribution is 2.22. The lowest BCUT2D eigenvalue weighted by Gasteiger charge is -1.98. The Morgan fingerprint density at radius 1 is 1.08 bits per heavy atom. The highest BCUT2D eigenvalue weighted by atomic mass is 32.1. The zero-order valence-corrected chi connectivity index (χ0v) is 15.0. The second-order valence-electron chi connectivity index (χ2n) is 5.31. The van der Waals surface area contributed by atoms with Crippen molar-refractivity contribution < 1.29 is 8.78 Å². The number of hydrogen-bond acceptors (Lipinski definition) is 3. The number of nitrogens with zero attached hydrogens (tertiary/aromatic N) is 1. The first-order valence-corrected chi connectivity index (χ1v) is 9.04. The van der Waals surface area contributed by atoms with Crippen molar-refractivity contribution in [3.05, 3.63) is 51.2 Å². The number of halogens is 2. The van der Waals surface area contributed by atoms with E-state index in [1.165, 1.54) is 30.6 Å². The van der Waals surface area contributed by atoms with Gasteiger partial charge in [0, 0.05) is 10.9 Å². The Morgan fingerprint density at radius 2 is 1.92 bits per heavy atom. The standard InChI is InChI=1S/C19H17F2NS2/c1-2-3-4-5-6-15-9-10-16(24-15)8-7-14-11-18(21)19(22-13-23)12-17(14)20/h9-12H,2-6H2,1H3. The summed E-state index contributed by atoms with van der Waals surface area (Å²) in [6.45, 7) is 2.19. The van der Waals surface area contributed by atoms with Crippen LogP contribution in [0.25, 0.3) is 0 Å². The van der Waals surface area contributed by atoms with Gasteiger partial charge in [0.2, 0.25) is 0 Å². The average Bonchev–Trinajstić information content (AvgIpc) is 3.01. The molecule has 1 aromatic heterocycles. The van der Waals surface area contributed by atoms with Crippen LogP contribution in [-0.2, 0) is 6.42 Å². The Labute approximate surface area is 150 Å². The highest BCUT2D eigenvalue weighted by molar-refractivity contribution is 7.78. The van der Waals surface area contributed by atoms with E-state index in [0.29, 0.717) is 0 Å². The van der Waals surface area contributed by atoms with Crippen LogP contribution >= 0.6 is 23.6 Å². The molecule has 0 saturated heterocycles. The maximum absolute atomic E-state index is 13.9. The average molecular weight is 361 g/mol. The van der Waals surface area contributed by atoms with Crippen molar-refractivity contribution in [2.24, 2.45) is 4.99 Å². The third-order valence-electron chi connectivity index (χ3n) is 3.46. The number of isothiocyanates is 1. The van der Waals surface area contributed by atoms with E-state index in [1.807, 2.05) is 11.2 Å². The fraction of sp³-hybridized carbons (Fsp3) is 0.316. The first-order chi connectivity index (χ1) is 11.6. The molecule has 0 amide bonds. The lowest BCUT2D eigenvalue weighted by molar-refractivity contribution is 0.599. The van der Waals surface area contributed by atoms with Crippen LogP contribution in [-0.4, -0.2) is 5.16 Å². The highest BCUT2D eigenvalue weighted by Gasteiger charge is 2.07. The first kappa shape index (κ1) is 18.5. The molecule has 1 heterocycles. The van der Waals surface area contributed by atoms with Crippen LogP contribution in [0.3, 0.4) is 0 Å². The number of unbranched alkanes of at least 4 members (excludes halogenated alkanes) is 3. The minimum Gasteiger partial charge on any atom is -0.206 e. The minimum atomic E-state index is -0.666. The molecule has 0 atom stereocenters. The molecule has 0 aliphatic rings. The topological polar surface area (TPSA) is 12.4 Å². The van der Waals surface area contributed by atoms with Gasteiger partial charge in [0.05, 0.1) is 15.6 Å². The van der Waals surface area contributed by atoms with E-state index in [0.717, 1.165) is 23.4 Å². The lowest BCUT2D eigenvalue weighted by Crippen LogP contribution is -1.87. The maximum Gasteiger partial charge on any atom is 0.151 e. The summed E-state index contributed by atoms with van der Waals surface area (Å²) in [6.07, 6.45) is 5.92. The number of rotatable bonds is 6. The van der Waals surface area contributed by atoms with Crippen molar-refractivity contribution in [1.82, 2.24) is 0 Å². The number of thiocarbonyl (C=S) groups is 1. The van der Waals surface area contributed by atoms with Crippen molar-refractivity contribution in [2.75, 3.05) is 0 Å². The van der Waals surface area contributed by atoms with Gasteiger partial charge in [0.25, 0.3) is 0 Å². The summed E-state index contributed by atoms with van der Waals surface area (Å²) in [5.41, 5.74) is -0.160. The van der Waals surface area contributed by atoms with Gasteiger partial charge in [-0.05, 0) is 43.3 Å². The molecule has 2 aromatic rings. The SMILES string of the molecule is CCCCCCc1ccc(C#Cc2cc(F)c(N=C=S)cc2F)s1. The van der Waals surface area contributed by atoms with Gasteiger partial charge in [-0.3, -0.25) is 0 Å². The van der Waals surface area contributed by atoms with E-state index in [-0.39, 0.29) is 11.3 Å². The van der Waals surface area contributed by atoms with Gasteiger partial charge in [0.15, 0.2) is 5.82 Å². The molecule has 5 heteroatoms. The molecular weight excluding hydrogens is 344 g/mol. The predicted molar refractivity (Wildman–Crippen MR) is 99.2 cm³/mol. The quantitative estimate of drug-likeness (QED) is 0.255. The molecule has 2 rings (SSSR count). The largest absolute Gasteiger partial charge is 0.206 e. The van der Waals surface area contributed by atoms with Gasteiger partial charge < -0.3 is 0 Å². The number of thiophene rings is 1. The van der Waals surface area contributed by atoms with Crippen LogP contribution in [0.1, 0.15) is 47.9 Å². The van der Waals surface area contributed by atoms with Gasteiger partial charge in [-0.2, -0.15) is 4.99 Å². The molecule has 124 valence electrons. The molecule has 0 saturated carbocycles. The molecule has 1 aromatic carbocycles. The van der Waals surface area contributed by atoms with Crippen molar-refractivity contribution in [3.8, 4) is 11.8 Å². The van der Waals surface area contributed by atoms with Gasteiger partial charge in [-0.25, -0.2) is 8.78 Å². The lowest BCUT2D eigenvalue weighted by atomic mass is 10.1. The fourth-order valence-corrected chi connectivity index (χ4v) is 3.20. The Hall–Kier alpha value is -1.86. The maximum atomic E-state index is 13.9. The van der Waals surface area contributed by atoms with Crippen molar-refractivity contribution >= 4 is 34.4 Å². The molecule has 0 spiro atoms. The van der Waals surface area contributed by atoms with Gasteiger partial charge in [-0.1, -0.05) is 38.0 Å². The van der Waals surface area contributed by atoms with Crippen LogP contribution in [0.5, 0.6) is 0 Å². The normalized spacial score (nSPS) is 9.96. The second kappa shape index (κ2) is 9.44. The van der Waals surface area contributed by atoms with Crippen LogP contribution < -0.4 is 0 Å². The predicted octanol–water partition coefficient (Wildman–Crippen LogP) is 6.28. The molecule has 0 N–H and O–H groups in total. The van der Waals surface area contributed by atoms with Crippen LogP contribution in [0, 0.1) is 23.5 Å². The summed E-state index contributed by atoms with van der Waals surface area (Å²) in [5.74, 6) is 4.30. The molecule has 0 radical (unpaired) electrons. The van der Waals surface area contributed by atoms with Gasteiger partial charge in [-0.15, -0.1) is 11.3 Å². The molecule has 0 unspecified atom stereocenters. The van der Waals surface area contributed by atoms with Crippen LogP contribution in [0.4, 0.5) is 14.5 Å². The van der Waals surface area contributed by atoms with E-state index >= 15 is 0 Å². The van der Waals surface area contributed by atoms with Crippen LogP contribution in [0.15, 0.2) is 29.3 Å². The molecule has 0 fully saturated rings. The zero-order chi connectivity index (χ0) is 17.4. The van der Waals surface area contributed by atoms with Gasteiger partial charge in [0.1, 0.15) is 11.5 Å². The van der Waals surface area contributed by atoms with Crippen molar-refractivity contribution in [2.45, 2.75) is 39.0 Å². The Morgan fingerprint density at radius 3 is 2.67 bits per heavy atom. The molecule has 0 bridgehead atoms. The molecular formula is C19H17F2NS2. The number of aryl methyl sites for hydroxylation is 1. The first-order valence-electron chi connectivity index (χ1n) is 7.81. The zero-order valence-electron chi connectivity index (χ0n) is 13.4. The fourth-order valence-electron chi connectivity index (χ4n) is 2.20. The molecule has 24 heavy (non-hydrogen) atoms. The molecule has 0 aliphatic carbocycles. The second-order valence-corrected chi connectivity index (χ2v) is 6.66. The van der Waals surface area contributed by atoms with E-state index in [9.17, 15) is 8.78 Å². The summed E-state index contributed by atoms with van der Waals surface area (Å²) in [4.78, 5) is 5.59. The summed E-state index contributed by atoms with van der Waals surface area (Å²) in [6, 6.07) is 5.99. The minimum absolute atomic E-state index is 0.00807. The third-order valence-corrected chi connectivity index (χ3v) is 4.61. The third kappa shape index (κ3) is 5.35. The number of benzene rings is 1. The monoisotopic (exact) mass is 361 g/mol. The van der Waals surface area contributed by atoms with E-state index in [4.69, 9.17) is 0 Å². The Balaban J connectivity index is 2.09. The van der Waals surface area contributed by atoms with E-state index in [1.54, 1.807) is 11.3 Å². The summed E-state index contributed by atoms with van der Waals surface area (Å²) >= 11 is 6.00. The number of aliphatic imine (C=N–C) groups is 1. The molecule has 1 nitrogen and oxygen atoms in total. The number of hydrogen-bond donors (Lipinski definition) is 0. The summed E-state index contributed by atoms with van der Waals surface area (Å²) < 4.78 is 27.7. The summed E-state index contributed by atoms with van der Waals surface area (Å²) in [5, 5.41) is 2.02. The Bertz CT molecular complexity index is 809. The smallest absolute Gasteiger partial charge is 0.151 e. The molecule has 0 aliphatic heterocycles. The summed E-state index contributed by atoms with van der Waals surface area (Å²) in [7, 11) is 0. The Kier molecular flexibility index (Phi) is 7.27.